The first-order chi connectivity index (χ1) is 11.2. The first kappa shape index (κ1) is 18.2. The van der Waals surface area contributed by atoms with Crippen LogP contribution in [0, 0.1) is 6.92 Å². The molecule has 4 atom stereocenters. The van der Waals surface area contributed by atoms with Gasteiger partial charge in [0.25, 0.3) is 5.56 Å². The fourth-order valence-corrected chi connectivity index (χ4v) is 2.94. The number of aryl methyl sites for hydroxylation is 1. The lowest BCUT2D eigenvalue weighted by Gasteiger charge is -2.31. The zero-order valence-electron chi connectivity index (χ0n) is 14.5. The first-order valence-corrected chi connectivity index (χ1v) is 7.78. The lowest BCUT2D eigenvalue weighted by Crippen LogP contribution is -2.53. The standard InChI is InChI=1S/C15H24N4O5/c1-6-15(3)10(20)9(18(5)13(22)16-4)12(24-15)19-7-8(2)11(21)17-14(19)23/h7,9-10,12,20H,6H2,1-5H3,(H,16,22)(H,17,21,23)/t9-,10+,12-,15-/m1/s1. The molecule has 0 aliphatic carbocycles. The molecule has 1 saturated heterocycles. The van der Waals surface area contributed by atoms with Gasteiger partial charge in [0.15, 0.2) is 6.23 Å². The zero-order valence-corrected chi connectivity index (χ0v) is 14.5. The Morgan fingerprint density at radius 3 is 2.71 bits per heavy atom. The number of hydrogen-bond acceptors (Lipinski definition) is 5. The molecule has 2 amide bonds. The number of H-pyrrole nitrogens is 1. The van der Waals surface area contributed by atoms with Gasteiger partial charge in [-0.3, -0.25) is 14.3 Å². The highest BCUT2D eigenvalue weighted by Crippen LogP contribution is 2.40. The van der Waals surface area contributed by atoms with Gasteiger partial charge in [0.2, 0.25) is 0 Å². The molecule has 24 heavy (non-hydrogen) atoms. The molecule has 9 nitrogen and oxygen atoms in total. The molecule has 0 spiro atoms. The second kappa shape index (κ2) is 6.40. The normalized spacial score (nSPS) is 29.5. The van der Waals surface area contributed by atoms with Gasteiger partial charge in [-0.05, 0) is 20.3 Å². The third-order valence-electron chi connectivity index (χ3n) is 4.73. The molecule has 1 aliphatic heterocycles. The molecule has 0 aromatic carbocycles. The summed E-state index contributed by atoms with van der Waals surface area (Å²) in [6, 6.07) is -1.21. The molecule has 3 N–H and O–H groups in total. The Kier molecular flexibility index (Phi) is 4.86. The van der Waals surface area contributed by atoms with Crippen molar-refractivity contribution in [3.05, 3.63) is 32.6 Å². The number of nitrogens with one attached hydrogen (secondary N) is 2. The van der Waals surface area contributed by atoms with Crippen LogP contribution in [0.4, 0.5) is 4.79 Å². The van der Waals surface area contributed by atoms with Gasteiger partial charge in [-0.1, -0.05) is 6.92 Å². The molecular formula is C15H24N4O5. The number of hydrogen-bond donors (Lipinski definition) is 3. The SMILES string of the molecule is CC[C@@]1(C)O[C@@H](n2cc(C)c(=O)[nH]c2=O)[C@H](N(C)C(=O)NC)[C@@H]1O. The van der Waals surface area contributed by atoms with Gasteiger partial charge in [0.1, 0.15) is 12.1 Å². The van der Waals surface area contributed by atoms with Crippen molar-refractivity contribution in [2.45, 2.75) is 51.2 Å². The molecule has 1 fully saturated rings. The number of aromatic nitrogens is 2. The highest BCUT2D eigenvalue weighted by molar-refractivity contribution is 5.74. The third kappa shape index (κ3) is 2.84. The number of aromatic amines is 1. The van der Waals surface area contributed by atoms with E-state index in [1.54, 1.807) is 13.8 Å². The number of aliphatic hydroxyl groups is 1. The summed E-state index contributed by atoms with van der Waals surface area (Å²) in [4.78, 5) is 39.4. The number of urea groups is 1. The van der Waals surface area contributed by atoms with Crippen LogP contribution in [-0.4, -0.2) is 57.4 Å². The van der Waals surface area contributed by atoms with Crippen LogP contribution in [0.1, 0.15) is 32.1 Å². The average Bonchev–Trinajstić information content (AvgIpc) is 2.81. The second-order valence-electron chi connectivity index (χ2n) is 6.25. The lowest BCUT2D eigenvalue weighted by molar-refractivity contribution is -0.0943. The third-order valence-corrected chi connectivity index (χ3v) is 4.73. The number of carbonyl (C=O) groups is 1. The number of amides is 2. The summed E-state index contributed by atoms with van der Waals surface area (Å²) in [6.45, 7) is 5.14. The van der Waals surface area contributed by atoms with Gasteiger partial charge >= 0.3 is 11.7 Å². The minimum atomic E-state index is -1.01. The summed E-state index contributed by atoms with van der Waals surface area (Å²) >= 11 is 0. The van der Waals surface area contributed by atoms with Gasteiger partial charge in [0.05, 0.1) is 5.60 Å². The van der Waals surface area contributed by atoms with E-state index in [1.165, 1.54) is 29.8 Å². The predicted molar refractivity (Wildman–Crippen MR) is 86.9 cm³/mol. The minimum Gasteiger partial charge on any atom is -0.388 e. The van der Waals surface area contributed by atoms with Crippen molar-refractivity contribution in [1.29, 1.82) is 0 Å². The van der Waals surface area contributed by atoms with Crippen molar-refractivity contribution in [3.63, 3.8) is 0 Å². The maximum Gasteiger partial charge on any atom is 0.330 e. The molecule has 0 unspecified atom stereocenters. The number of likely N-dealkylation sites (N-methyl/N-ethyl adjacent to an activating group) is 1. The van der Waals surface area contributed by atoms with Crippen molar-refractivity contribution in [2.24, 2.45) is 0 Å². The summed E-state index contributed by atoms with van der Waals surface area (Å²) in [7, 11) is 3.00. The van der Waals surface area contributed by atoms with Crippen LogP contribution in [0.5, 0.6) is 0 Å². The Labute approximate surface area is 139 Å². The molecule has 134 valence electrons. The smallest absolute Gasteiger partial charge is 0.330 e. The monoisotopic (exact) mass is 340 g/mol. The van der Waals surface area contributed by atoms with Crippen molar-refractivity contribution < 1.29 is 14.6 Å². The number of nitrogens with zero attached hydrogens (tertiary/aromatic N) is 2. The molecule has 1 aromatic heterocycles. The Morgan fingerprint density at radius 1 is 1.54 bits per heavy atom. The predicted octanol–water partition coefficient (Wildman–Crippen LogP) is -0.457. The number of ether oxygens (including phenoxy) is 1. The molecule has 1 aliphatic rings. The Morgan fingerprint density at radius 2 is 2.17 bits per heavy atom. The molecule has 0 radical (unpaired) electrons. The molecular weight excluding hydrogens is 316 g/mol. The van der Waals surface area contributed by atoms with Crippen LogP contribution < -0.4 is 16.6 Å². The summed E-state index contributed by atoms with van der Waals surface area (Å²) < 4.78 is 7.18. The lowest BCUT2D eigenvalue weighted by atomic mass is 9.93. The van der Waals surface area contributed by atoms with E-state index in [-0.39, 0.29) is 0 Å². The van der Waals surface area contributed by atoms with Crippen molar-refractivity contribution >= 4 is 6.03 Å². The highest BCUT2D eigenvalue weighted by atomic mass is 16.6. The van der Waals surface area contributed by atoms with Crippen LogP contribution in [0.2, 0.25) is 0 Å². The largest absolute Gasteiger partial charge is 0.388 e. The van der Waals surface area contributed by atoms with Crippen molar-refractivity contribution in [1.82, 2.24) is 19.8 Å². The van der Waals surface area contributed by atoms with Crippen LogP contribution >= 0.6 is 0 Å². The van der Waals surface area contributed by atoms with E-state index in [9.17, 15) is 19.5 Å². The Bertz CT molecular complexity index is 742. The maximum atomic E-state index is 12.2. The second-order valence-corrected chi connectivity index (χ2v) is 6.25. The van der Waals surface area contributed by atoms with E-state index in [4.69, 9.17) is 4.74 Å². The highest BCUT2D eigenvalue weighted by Gasteiger charge is 2.54. The quantitative estimate of drug-likeness (QED) is 0.689. The van der Waals surface area contributed by atoms with E-state index < -0.39 is 41.3 Å². The number of aliphatic hydroxyl groups excluding tert-OH is 1. The van der Waals surface area contributed by atoms with Gasteiger partial charge < -0.3 is 20.1 Å². The minimum absolute atomic E-state index is 0.333. The van der Waals surface area contributed by atoms with E-state index in [1.807, 2.05) is 6.92 Å². The van der Waals surface area contributed by atoms with Crippen LogP contribution in [0.15, 0.2) is 15.8 Å². The fourth-order valence-electron chi connectivity index (χ4n) is 2.94. The average molecular weight is 340 g/mol. The van der Waals surface area contributed by atoms with E-state index in [2.05, 4.69) is 10.3 Å². The van der Waals surface area contributed by atoms with Crippen molar-refractivity contribution in [3.8, 4) is 0 Å². The Balaban J connectivity index is 2.57. The number of rotatable bonds is 3. The molecule has 0 bridgehead atoms. The molecule has 2 heterocycles. The van der Waals surface area contributed by atoms with Crippen LogP contribution in [-0.2, 0) is 4.74 Å². The van der Waals surface area contributed by atoms with Gasteiger partial charge in [-0.25, -0.2) is 9.59 Å². The maximum absolute atomic E-state index is 12.2. The van der Waals surface area contributed by atoms with E-state index in [0.29, 0.717) is 12.0 Å². The van der Waals surface area contributed by atoms with Crippen molar-refractivity contribution in [2.75, 3.05) is 14.1 Å². The van der Waals surface area contributed by atoms with Gasteiger partial charge in [-0.15, -0.1) is 0 Å². The molecule has 0 saturated carbocycles. The first-order valence-electron chi connectivity index (χ1n) is 7.78. The van der Waals surface area contributed by atoms with E-state index in [0.717, 1.165) is 0 Å². The molecule has 9 heteroatoms. The zero-order chi connectivity index (χ0) is 18.2. The summed E-state index contributed by atoms with van der Waals surface area (Å²) in [6.07, 6.45) is -0.0611. The van der Waals surface area contributed by atoms with Crippen LogP contribution in [0.3, 0.4) is 0 Å². The summed E-state index contributed by atoms with van der Waals surface area (Å²) in [5.74, 6) is 0. The number of carbonyl (C=O) groups excluding carboxylic acids is 1. The topological polar surface area (TPSA) is 117 Å². The molecule has 2 rings (SSSR count). The summed E-state index contributed by atoms with van der Waals surface area (Å²) in [5, 5.41) is 13.2. The van der Waals surface area contributed by atoms with Gasteiger partial charge in [0, 0.05) is 25.9 Å². The fraction of sp³-hybridized carbons (Fsp3) is 0.667. The Hall–Kier alpha value is -2.13. The van der Waals surface area contributed by atoms with E-state index >= 15 is 0 Å². The molecule has 1 aromatic rings. The summed E-state index contributed by atoms with van der Waals surface area (Å²) in [5.41, 5.74) is -1.73. The van der Waals surface area contributed by atoms with Gasteiger partial charge in [-0.2, -0.15) is 0 Å². The van der Waals surface area contributed by atoms with Crippen LogP contribution in [0.25, 0.3) is 0 Å².